The van der Waals surface area contributed by atoms with Gasteiger partial charge in [0.1, 0.15) is 0 Å². The first-order valence-electron chi connectivity index (χ1n) is 8.00. The van der Waals surface area contributed by atoms with Gasteiger partial charge < -0.3 is 4.57 Å². The van der Waals surface area contributed by atoms with Gasteiger partial charge in [-0.05, 0) is 35.4 Å². The molecule has 0 unspecified atom stereocenters. The van der Waals surface area contributed by atoms with Crippen LogP contribution in [0.1, 0.15) is 5.56 Å². The Balaban J connectivity index is 1.73. The van der Waals surface area contributed by atoms with Gasteiger partial charge in [-0.15, -0.1) is 0 Å². The highest BCUT2D eigenvalue weighted by atomic mass is 79.9. The predicted octanol–water partition coefficient (Wildman–Crippen LogP) is 4.83. The SMILES string of the molecule is O=c1nc(-c2ccc(Br)cc2)cc2ccn(Cc3ccccc3)cc1-2. The van der Waals surface area contributed by atoms with Crippen LogP contribution in [0.15, 0.2) is 88.4 Å². The Morgan fingerprint density at radius 1 is 0.920 bits per heavy atom. The van der Waals surface area contributed by atoms with Crippen molar-refractivity contribution in [1.29, 1.82) is 0 Å². The normalized spacial score (nSPS) is 10.9. The molecule has 0 radical (unpaired) electrons. The molecular weight excluding hydrogens is 376 g/mol. The average Bonchev–Trinajstić information content (AvgIpc) is 2.63. The van der Waals surface area contributed by atoms with E-state index in [2.05, 4.69) is 33.0 Å². The second-order valence-corrected chi connectivity index (χ2v) is 6.84. The molecule has 0 saturated heterocycles. The van der Waals surface area contributed by atoms with E-state index in [1.54, 1.807) is 0 Å². The lowest BCUT2D eigenvalue weighted by atomic mass is 10.0. The predicted molar refractivity (Wildman–Crippen MR) is 104 cm³/mol. The fraction of sp³-hybridized carbons (Fsp3) is 0.0476. The lowest BCUT2D eigenvalue weighted by Gasteiger charge is -2.12. The topological polar surface area (TPSA) is 34.9 Å². The van der Waals surface area contributed by atoms with Gasteiger partial charge in [-0.3, -0.25) is 4.79 Å². The van der Waals surface area contributed by atoms with Gasteiger partial charge in [0.25, 0.3) is 5.56 Å². The van der Waals surface area contributed by atoms with Crippen molar-refractivity contribution in [2.75, 3.05) is 0 Å². The Hall–Kier alpha value is -2.72. The number of hydrogen-bond donors (Lipinski definition) is 0. The molecule has 4 heteroatoms. The van der Waals surface area contributed by atoms with Crippen molar-refractivity contribution >= 4 is 15.9 Å². The van der Waals surface area contributed by atoms with Crippen LogP contribution in [0, 0.1) is 0 Å². The molecule has 2 aromatic rings. The molecule has 0 N–H and O–H groups in total. The van der Waals surface area contributed by atoms with Gasteiger partial charge >= 0.3 is 0 Å². The molecule has 2 aliphatic rings. The highest BCUT2D eigenvalue weighted by Crippen LogP contribution is 2.25. The number of fused-ring (bicyclic) bond motifs is 1. The number of hydrogen-bond acceptors (Lipinski definition) is 2. The molecule has 0 aromatic heterocycles. The summed E-state index contributed by atoms with van der Waals surface area (Å²) >= 11 is 3.42. The van der Waals surface area contributed by atoms with Gasteiger partial charge in [0.2, 0.25) is 0 Å². The maximum atomic E-state index is 12.5. The summed E-state index contributed by atoms with van der Waals surface area (Å²) in [6.45, 7) is 0.727. The quantitative estimate of drug-likeness (QED) is 0.502. The van der Waals surface area contributed by atoms with Crippen LogP contribution >= 0.6 is 15.9 Å². The summed E-state index contributed by atoms with van der Waals surface area (Å²) in [5.74, 6) is 0. The van der Waals surface area contributed by atoms with Crippen molar-refractivity contribution in [2.45, 2.75) is 6.54 Å². The van der Waals surface area contributed by atoms with E-state index in [1.165, 1.54) is 5.56 Å². The number of benzene rings is 2. The summed E-state index contributed by atoms with van der Waals surface area (Å²) in [5, 5.41) is 0. The molecule has 0 atom stereocenters. The number of rotatable bonds is 3. The highest BCUT2D eigenvalue weighted by molar-refractivity contribution is 9.10. The van der Waals surface area contributed by atoms with Crippen LogP contribution in [0.3, 0.4) is 0 Å². The van der Waals surface area contributed by atoms with Crippen LogP contribution in [0.25, 0.3) is 22.4 Å². The Bertz CT molecular complexity index is 1040. The maximum Gasteiger partial charge on any atom is 0.279 e. The fourth-order valence-electron chi connectivity index (χ4n) is 2.86. The van der Waals surface area contributed by atoms with Crippen LogP contribution < -0.4 is 5.56 Å². The lowest BCUT2D eigenvalue weighted by molar-refractivity contribution is 0.790. The van der Waals surface area contributed by atoms with Crippen LogP contribution in [-0.4, -0.2) is 9.55 Å². The highest BCUT2D eigenvalue weighted by Gasteiger charge is 2.11. The number of aromatic nitrogens is 2. The van der Waals surface area contributed by atoms with Crippen molar-refractivity contribution in [1.82, 2.24) is 9.55 Å². The molecule has 0 bridgehead atoms. The zero-order valence-corrected chi connectivity index (χ0v) is 15.0. The van der Waals surface area contributed by atoms with Crippen molar-refractivity contribution < 1.29 is 0 Å². The second kappa shape index (κ2) is 6.65. The van der Waals surface area contributed by atoms with Crippen molar-refractivity contribution in [3.8, 4) is 22.4 Å². The molecule has 0 saturated carbocycles. The van der Waals surface area contributed by atoms with Crippen molar-refractivity contribution in [2.24, 2.45) is 0 Å². The van der Waals surface area contributed by atoms with Crippen LogP contribution in [-0.2, 0) is 6.54 Å². The van der Waals surface area contributed by atoms with Crippen molar-refractivity contribution in [3.63, 3.8) is 0 Å². The van der Waals surface area contributed by atoms with E-state index in [1.807, 2.05) is 71.6 Å². The number of pyridine rings is 2. The smallest absolute Gasteiger partial charge is 0.279 e. The van der Waals surface area contributed by atoms with E-state index in [0.29, 0.717) is 11.3 Å². The summed E-state index contributed by atoms with van der Waals surface area (Å²) < 4.78 is 3.02. The number of nitrogens with zero attached hydrogens (tertiary/aromatic N) is 2. The minimum absolute atomic E-state index is 0.196. The molecular formula is C21H15BrN2O. The van der Waals surface area contributed by atoms with E-state index in [0.717, 1.165) is 22.1 Å². The Labute approximate surface area is 154 Å². The molecule has 2 aromatic carbocycles. The fourth-order valence-corrected chi connectivity index (χ4v) is 3.13. The molecule has 0 fully saturated rings. The van der Waals surface area contributed by atoms with E-state index in [4.69, 9.17) is 0 Å². The lowest BCUT2D eigenvalue weighted by Crippen LogP contribution is -2.13. The summed E-state index contributed by atoms with van der Waals surface area (Å²) in [6.07, 6.45) is 3.88. The summed E-state index contributed by atoms with van der Waals surface area (Å²) in [5.41, 5.74) is 4.17. The molecule has 2 aliphatic heterocycles. The van der Waals surface area contributed by atoms with Crippen LogP contribution in [0.5, 0.6) is 0 Å². The third kappa shape index (κ3) is 3.39. The maximum absolute atomic E-state index is 12.5. The van der Waals surface area contributed by atoms with Gasteiger partial charge in [0.05, 0.1) is 11.3 Å². The first-order chi connectivity index (χ1) is 12.2. The second-order valence-electron chi connectivity index (χ2n) is 5.93. The van der Waals surface area contributed by atoms with Gasteiger partial charge in [-0.2, -0.15) is 0 Å². The third-order valence-corrected chi connectivity index (χ3v) is 4.67. The summed E-state index contributed by atoms with van der Waals surface area (Å²) in [6, 6.07) is 21.9. The van der Waals surface area contributed by atoms with Crippen LogP contribution in [0.4, 0.5) is 0 Å². The molecule has 4 rings (SSSR count). The summed E-state index contributed by atoms with van der Waals surface area (Å²) in [7, 11) is 0. The van der Waals surface area contributed by atoms with E-state index < -0.39 is 0 Å². The number of halogens is 1. The Morgan fingerprint density at radius 2 is 1.68 bits per heavy atom. The molecule has 0 aliphatic carbocycles. The molecule has 25 heavy (non-hydrogen) atoms. The largest absolute Gasteiger partial charge is 0.349 e. The van der Waals surface area contributed by atoms with Gasteiger partial charge in [-0.1, -0.05) is 58.4 Å². The van der Waals surface area contributed by atoms with E-state index >= 15 is 0 Å². The minimum atomic E-state index is -0.196. The first-order valence-corrected chi connectivity index (χ1v) is 8.79. The third-order valence-electron chi connectivity index (χ3n) is 4.14. The van der Waals surface area contributed by atoms with Crippen LogP contribution in [0.2, 0.25) is 0 Å². The molecule has 2 heterocycles. The monoisotopic (exact) mass is 390 g/mol. The first kappa shape index (κ1) is 15.8. The van der Waals surface area contributed by atoms with Gasteiger partial charge in [0, 0.05) is 29.0 Å². The van der Waals surface area contributed by atoms with Gasteiger partial charge in [0.15, 0.2) is 0 Å². The standard InChI is InChI=1S/C21H15BrN2O/c22-18-8-6-16(7-9-18)20-12-17-10-11-24(14-19(17)21(25)23-20)13-15-4-2-1-3-5-15/h1-12,14H,13H2. The van der Waals surface area contributed by atoms with E-state index in [-0.39, 0.29) is 5.56 Å². The molecule has 0 amide bonds. The van der Waals surface area contributed by atoms with Gasteiger partial charge in [-0.25, -0.2) is 4.98 Å². The minimum Gasteiger partial charge on any atom is -0.349 e. The Kier molecular flexibility index (Phi) is 4.20. The zero-order chi connectivity index (χ0) is 17.2. The van der Waals surface area contributed by atoms with E-state index in [9.17, 15) is 4.79 Å². The molecule has 122 valence electrons. The Morgan fingerprint density at radius 3 is 2.44 bits per heavy atom. The summed E-state index contributed by atoms with van der Waals surface area (Å²) in [4.78, 5) is 16.8. The molecule has 3 nitrogen and oxygen atoms in total. The zero-order valence-electron chi connectivity index (χ0n) is 13.4. The van der Waals surface area contributed by atoms with Crippen molar-refractivity contribution in [3.05, 3.63) is 99.5 Å². The molecule has 0 spiro atoms. The average molecular weight is 391 g/mol.